The number of amides is 1. The zero-order valence-electron chi connectivity index (χ0n) is 23.1. The van der Waals surface area contributed by atoms with Gasteiger partial charge < -0.3 is 25.8 Å². The van der Waals surface area contributed by atoms with Crippen LogP contribution in [0.5, 0.6) is 5.75 Å². The molecule has 4 aliphatic rings. The number of carbonyl (C=O) groups excluding carboxylic acids is 3. The fraction of sp³-hybridized carbons (Fsp3) is 0.433. The number of phenolic OH excluding ortho intramolecular Hbond substituents is 1. The summed E-state index contributed by atoms with van der Waals surface area (Å²) in [6.45, 7) is 0. The number of aryl methyl sites for hydroxylation is 1. The molecule has 1 amide bonds. The molecule has 5 N–H and O–H groups in total. The van der Waals surface area contributed by atoms with Crippen LogP contribution in [-0.2, 0) is 30.2 Å². The van der Waals surface area contributed by atoms with E-state index < -0.39 is 58.0 Å². The number of Topliss-reactive ketones (excluding diaryl/α,β-unsaturated/α-hetero) is 2. The third-order valence-electron chi connectivity index (χ3n) is 8.90. The van der Waals surface area contributed by atoms with Gasteiger partial charge in [-0.1, -0.05) is 11.6 Å². The molecular weight excluding hydrogens is 643 g/mol. The molecule has 0 saturated carbocycles. The highest BCUT2D eigenvalue weighted by Gasteiger charge is 2.65. The summed E-state index contributed by atoms with van der Waals surface area (Å²) in [6, 6.07) is 2.42. The van der Waals surface area contributed by atoms with Gasteiger partial charge in [-0.25, -0.2) is 0 Å². The Balaban J connectivity index is 1.60. The first-order chi connectivity index (χ1) is 19.5. The Labute approximate surface area is 251 Å². The number of halogens is 1. The number of ketones is 2. The lowest BCUT2D eigenvalue weighted by Gasteiger charge is -2.51. The number of nitrogens with zero attached hydrogens (tertiary/aromatic N) is 1. The van der Waals surface area contributed by atoms with E-state index in [2.05, 4.69) is 0 Å². The van der Waals surface area contributed by atoms with Crippen LogP contribution in [0.25, 0.3) is 0 Å². The SMILES string of the molecule is COC1=CCCC(CCc2ccc(O)c3c2C[C@H]2C[C@H]4[C@H](N(C)C)C(O)=C(C(N)=O)C(=O)[C@@]4(OI)C(O)=C2C3=O)=C1. The summed E-state index contributed by atoms with van der Waals surface area (Å²) in [5.41, 5.74) is 5.63. The van der Waals surface area contributed by atoms with Crippen molar-refractivity contribution in [3.63, 3.8) is 0 Å². The van der Waals surface area contributed by atoms with Crippen molar-refractivity contribution >= 4 is 40.5 Å². The molecule has 5 rings (SSSR count). The smallest absolute Gasteiger partial charge is 0.255 e. The number of benzene rings is 1. The topological polar surface area (TPSA) is 160 Å². The van der Waals surface area contributed by atoms with Crippen molar-refractivity contribution in [1.82, 2.24) is 4.90 Å². The van der Waals surface area contributed by atoms with Gasteiger partial charge in [-0.3, -0.25) is 22.3 Å². The number of aliphatic hydroxyl groups excluding tert-OH is 2. The lowest BCUT2D eigenvalue weighted by molar-refractivity contribution is -0.140. The predicted octanol–water partition coefficient (Wildman–Crippen LogP) is 3.68. The van der Waals surface area contributed by atoms with Crippen molar-refractivity contribution in [3.05, 3.63) is 75.0 Å². The quantitative estimate of drug-likeness (QED) is 0.250. The fourth-order valence-electron chi connectivity index (χ4n) is 7.02. The van der Waals surface area contributed by atoms with E-state index in [1.54, 1.807) is 26.1 Å². The van der Waals surface area contributed by atoms with E-state index in [9.17, 15) is 29.7 Å². The molecule has 4 atom stereocenters. The zero-order valence-corrected chi connectivity index (χ0v) is 25.2. The standard InChI is InChI=1S/C30H33IN2O8/c1-33(2)24-19-13-16-12-18-15(8-7-14-5-4-6-17(11-14)40-3)9-10-20(34)22(18)25(35)21(16)27(37)30(19,41-31)28(38)23(26(24)36)29(32)39/h6,9-11,16,19,24,34,36-37H,4-5,7-8,12-13H2,1-3H3,(H2,32,39)/t16-,19-,24-,30-/m0/s1. The van der Waals surface area contributed by atoms with Gasteiger partial charge in [-0.2, -0.15) is 0 Å². The molecule has 0 unspecified atom stereocenters. The number of primary amides is 1. The minimum atomic E-state index is -2.11. The molecule has 0 radical (unpaired) electrons. The first kappa shape index (κ1) is 29.3. The van der Waals surface area contributed by atoms with Crippen LogP contribution in [0.2, 0.25) is 0 Å². The second-order valence-electron chi connectivity index (χ2n) is 11.3. The number of ether oxygens (including phenoxy) is 1. The van der Waals surface area contributed by atoms with Gasteiger partial charge in [0.1, 0.15) is 51.6 Å². The fourth-order valence-corrected chi connectivity index (χ4v) is 7.76. The third kappa shape index (κ3) is 4.49. The normalized spacial score (nSPS) is 27.7. The summed E-state index contributed by atoms with van der Waals surface area (Å²) in [5, 5.41) is 33.6. The largest absolute Gasteiger partial charge is 0.510 e. The van der Waals surface area contributed by atoms with Crippen LogP contribution in [-0.4, -0.2) is 70.5 Å². The number of rotatable bonds is 7. The number of hydrogen-bond donors (Lipinski definition) is 4. The molecule has 0 bridgehead atoms. The molecule has 11 heteroatoms. The van der Waals surface area contributed by atoms with Gasteiger partial charge in [0.25, 0.3) is 5.91 Å². The number of aliphatic hydroxyl groups is 2. The van der Waals surface area contributed by atoms with Gasteiger partial charge in [-0.05, 0) is 87.9 Å². The second-order valence-corrected chi connectivity index (χ2v) is 11.7. The third-order valence-corrected chi connectivity index (χ3v) is 9.60. The Hall–Kier alpha value is -3.16. The Morgan fingerprint density at radius 3 is 2.56 bits per heavy atom. The monoisotopic (exact) mass is 676 g/mol. The van der Waals surface area contributed by atoms with Gasteiger partial charge >= 0.3 is 0 Å². The average molecular weight is 677 g/mol. The highest BCUT2D eigenvalue weighted by molar-refractivity contribution is 14.1. The van der Waals surface area contributed by atoms with Gasteiger partial charge in [0, 0.05) is 11.5 Å². The minimum absolute atomic E-state index is 0.0289. The zero-order chi connectivity index (χ0) is 29.8. The van der Waals surface area contributed by atoms with Crippen LogP contribution < -0.4 is 5.73 Å². The summed E-state index contributed by atoms with van der Waals surface area (Å²) >= 11 is 1.49. The molecule has 0 spiro atoms. The maximum atomic E-state index is 14.0. The van der Waals surface area contributed by atoms with Crippen molar-refractivity contribution in [2.45, 2.75) is 50.2 Å². The Bertz CT molecular complexity index is 1470. The molecule has 0 fully saturated rings. The van der Waals surface area contributed by atoms with Gasteiger partial charge in [0.05, 0.1) is 18.7 Å². The lowest BCUT2D eigenvalue weighted by Crippen LogP contribution is -2.64. The van der Waals surface area contributed by atoms with Crippen molar-refractivity contribution in [1.29, 1.82) is 0 Å². The number of aromatic hydroxyl groups is 1. The summed E-state index contributed by atoms with van der Waals surface area (Å²) in [4.78, 5) is 41.7. The van der Waals surface area contributed by atoms with Crippen molar-refractivity contribution in [2.24, 2.45) is 17.6 Å². The number of likely N-dealkylation sites (N-methyl/N-ethyl adjacent to an activating group) is 1. The van der Waals surface area contributed by atoms with Crippen molar-refractivity contribution in [3.8, 4) is 5.75 Å². The van der Waals surface area contributed by atoms with E-state index in [0.29, 0.717) is 18.4 Å². The summed E-state index contributed by atoms with van der Waals surface area (Å²) < 4.78 is 11.1. The van der Waals surface area contributed by atoms with E-state index >= 15 is 0 Å². The molecule has 0 aromatic heterocycles. The second kappa shape index (κ2) is 10.9. The van der Waals surface area contributed by atoms with Crippen LogP contribution in [0.1, 0.15) is 47.2 Å². The number of fused-ring (bicyclic) bond motifs is 3. The lowest BCUT2D eigenvalue weighted by atomic mass is 9.58. The van der Waals surface area contributed by atoms with Gasteiger partial charge in [0.15, 0.2) is 5.78 Å². The molecular formula is C30H33IN2O8. The van der Waals surface area contributed by atoms with Crippen LogP contribution in [0.4, 0.5) is 0 Å². The Morgan fingerprint density at radius 1 is 1.20 bits per heavy atom. The van der Waals surface area contributed by atoms with Gasteiger partial charge in [0.2, 0.25) is 11.4 Å². The number of carbonyl (C=O) groups is 3. The van der Waals surface area contributed by atoms with Crippen LogP contribution >= 0.6 is 23.0 Å². The Kier molecular flexibility index (Phi) is 7.81. The number of allylic oxidation sites excluding steroid dienone is 4. The summed E-state index contributed by atoms with van der Waals surface area (Å²) in [7, 11) is 4.98. The maximum Gasteiger partial charge on any atom is 0.255 e. The number of phenols is 1. The van der Waals surface area contributed by atoms with Gasteiger partial charge in [-0.15, -0.1) is 0 Å². The summed E-state index contributed by atoms with van der Waals surface area (Å²) in [6.07, 6.45) is 7.82. The molecule has 10 nitrogen and oxygen atoms in total. The molecule has 4 aliphatic carbocycles. The molecule has 218 valence electrons. The van der Waals surface area contributed by atoms with Crippen LogP contribution in [0, 0.1) is 11.8 Å². The van der Waals surface area contributed by atoms with E-state index in [1.165, 1.54) is 34.6 Å². The molecule has 41 heavy (non-hydrogen) atoms. The van der Waals surface area contributed by atoms with Crippen molar-refractivity contribution < 1.29 is 37.5 Å². The highest BCUT2D eigenvalue weighted by atomic mass is 127. The van der Waals surface area contributed by atoms with Crippen molar-refractivity contribution in [2.75, 3.05) is 21.2 Å². The van der Waals surface area contributed by atoms with Crippen LogP contribution in [0.3, 0.4) is 0 Å². The van der Waals surface area contributed by atoms with E-state index in [4.69, 9.17) is 13.5 Å². The molecule has 0 heterocycles. The first-order valence-corrected chi connectivity index (χ1v) is 14.3. The Morgan fingerprint density at radius 2 is 1.93 bits per heavy atom. The average Bonchev–Trinajstić information content (AvgIpc) is 2.92. The van der Waals surface area contributed by atoms with E-state index in [1.807, 2.05) is 18.2 Å². The predicted molar refractivity (Wildman–Crippen MR) is 157 cm³/mol. The first-order valence-electron chi connectivity index (χ1n) is 13.5. The molecule has 0 aliphatic heterocycles. The highest BCUT2D eigenvalue weighted by Crippen LogP contribution is 2.54. The number of methoxy groups -OCH3 is 1. The number of hydrogen-bond acceptors (Lipinski definition) is 9. The maximum absolute atomic E-state index is 14.0. The molecule has 1 aromatic carbocycles. The molecule has 0 saturated heterocycles. The van der Waals surface area contributed by atoms with E-state index in [-0.39, 0.29) is 23.3 Å². The van der Waals surface area contributed by atoms with E-state index in [0.717, 1.165) is 30.6 Å². The van der Waals surface area contributed by atoms with Crippen LogP contribution in [0.15, 0.2) is 58.3 Å². The number of nitrogens with two attached hydrogens (primary N) is 1. The molecule has 1 aromatic rings. The minimum Gasteiger partial charge on any atom is -0.510 e. The summed E-state index contributed by atoms with van der Waals surface area (Å²) in [5.74, 6) is -4.56.